The highest BCUT2D eigenvalue weighted by atomic mass is 16.3. The summed E-state index contributed by atoms with van der Waals surface area (Å²) >= 11 is 0. The fraction of sp³-hybridized carbons (Fsp3) is 0. The predicted molar refractivity (Wildman–Crippen MR) is 295 cm³/mol. The van der Waals surface area contributed by atoms with Crippen LogP contribution in [0.4, 0.5) is 34.1 Å². The fourth-order valence-electron chi connectivity index (χ4n) is 11.2. The molecule has 326 valence electrons. The van der Waals surface area contributed by atoms with Gasteiger partial charge in [0.2, 0.25) is 0 Å². The first-order chi connectivity index (χ1) is 34.7. The molecule has 2 aromatic heterocycles. The molecule has 2 heterocycles. The number of fused-ring (bicyclic) bond motifs is 17. The second kappa shape index (κ2) is 15.1. The average Bonchev–Trinajstić information content (AvgIpc) is 4.00. The van der Waals surface area contributed by atoms with E-state index in [1.807, 2.05) is 0 Å². The van der Waals surface area contributed by atoms with E-state index in [2.05, 4.69) is 252 Å². The molecule has 0 aliphatic heterocycles. The summed E-state index contributed by atoms with van der Waals surface area (Å²) in [5.41, 5.74) is 9.91. The van der Waals surface area contributed by atoms with E-state index in [9.17, 15) is 0 Å². The van der Waals surface area contributed by atoms with Gasteiger partial charge in [-0.15, -0.1) is 0 Å². The Morgan fingerprint density at radius 2 is 0.571 bits per heavy atom. The van der Waals surface area contributed by atoms with E-state index in [0.717, 1.165) is 99.5 Å². The molecule has 70 heavy (non-hydrogen) atoms. The van der Waals surface area contributed by atoms with E-state index in [1.54, 1.807) is 0 Å². The first-order valence-corrected chi connectivity index (χ1v) is 23.9. The Morgan fingerprint density at radius 3 is 1.10 bits per heavy atom. The van der Waals surface area contributed by atoms with Crippen molar-refractivity contribution in [3.63, 3.8) is 0 Å². The Bertz CT molecular complexity index is 4610. The Morgan fingerprint density at radius 1 is 0.214 bits per heavy atom. The van der Waals surface area contributed by atoms with E-state index in [-0.39, 0.29) is 0 Å². The first-order valence-electron chi connectivity index (χ1n) is 23.9. The maximum Gasteiger partial charge on any atom is 0.147 e. The summed E-state index contributed by atoms with van der Waals surface area (Å²) < 4.78 is 13.8. The van der Waals surface area contributed by atoms with E-state index in [4.69, 9.17) is 8.83 Å². The molecular weight excluding hydrogens is 853 g/mol. The molecule has 0 fully saturated rings. The molecule has 0 spiro atoms. The zero-order chi connectivity index (χ0) is 45.9. The zero-order valence-corrected chi connectivity index (χ0v) is 37.8. The van der Waals surface area contributed by atoms with Crippen LogP contribution in [0, 0.1) is 0 Å². The molecule has 0 radical (unpaired) electrons. The molecule has 0 aliphatic rings. The van der Waals surface area contributed by atoms with Crippen molar-refractivity contribution in [3.8, 4) is 0 Å². The van der Waals surface area contributed by atoms with Gasteiger partial charge < -0.3 is 18.6 Å². The fourth-order valence-corrected chi connectivity index (χ4v) is 11.2. The van der Waals surface area contributed by atoms with Gasteiger partial charge in [0.1, 0.15) is 22.3 Å². The lowest BCUT2D eigenvalue weighted by atomic mass is 10.0. The molecule has 0 amide bonds. The van der Waals surface area contributed by atoms with Crippen molar-refractivity contribution in [1.82, 2.24) is 0 Å². The molecule has 4 heteroatoms. The average molecular weight is 893 g/mol. The smallest absolute Gasteiger partial charge is 0.147 e. The van der Waals surface area contributed by atoms with Gasteiger partial charge in [-0.1, -0.05) is 133 Å². The highest BCUT2D eigenvalue weighted by molar-refractivity contribution is 6.27. The summed E-state index contributed by atoms with van der Waals surface area (Å²) in [5.74, 6) is 0. The van der Waals surface area contributed by atoms with Crippen molar-refractivity contribution in [2.24, 2.45) is 0 Å². The van der Waals surface area contributed by atoms with Crippen LogP contribution in [-0.2, 0) is 0 Å². The second-order valence-electron chi connectivity index (χ2n) is 18.4. The minimum absolute atomic E-state index is 0.807. The van der Waals surface area contributed by atoms with Crippen LogP contribution in [-0.4, -0.2) is 0 Å². The Hall–Kier alpha value is -9.38. The predicted octanol–water partition coefficient (Wildman–Crippen LogP) is 19.3. The van der Waals surface area contributed by atoms with E-state index >= 15 is 0 Å². The summed E-state index contributed by atoms with van der Waals surface area (Å²) in [6, 6.07) is 87.5. The van der Waals surface area contributed by atoms with Crippen LogP contribution in [0.5, 0.6) is 0 Å². The number of furan rings is 2. The maximum atomic E-state index is 7.03. The van der Waals surface area contributed by atoms with Crippen LogP contribution < -0.4 is 9.80 Å². The third-order valence-electron chi connectivity index (χ3n) is 14.5. The highest BCUT2D eigenvalue weighted by Gasteiger charge is 2.22. The molecular formula is C66H40N2O2. The Labute approximate surface area is 402 Å². The van der Waals surface area contributed by atoms with Gasteiger partial charge in [0.25, 0.3) is 0 Å². The zero-order valence-electron chi connectivity index (χ0n) is 37.8. The summed E-state index contributed by atoms with van der Waals surface area (Å²) in [5, 5.41) is 18.4. The number of hydrogen-bond acceptors (Lipinski definition) is 4. The number of nitrogens with zero attached hydrogens (tertiary/aromatic N) is 2. The van der Waals surface area contributed by atoms with E-state index in [0.29, 0.717) is 0 Å². The summed E-state index contributed by atoms with van der Waals surface area (Å²) in [6.07, 6.45) is 0. The lowest BCUT2D eigenvalue weighted by Gasteiger charge is -2.26. The molecule has 15 rings (SSSR count). The largest absolute Gasteiger partial charge is 0.455 e. The minimum Gasteiger partial charge on any atom is -0.455 e. The van der Waals surface area contributed by atoms with Crippen LogP contribution in [0.15, 0.2) is 251 Å². The topological polar surface area (TPSA) is 32.8 Å². The molecule has 15 aromatic rings. The van der Waals surface area contributed by atoms with Crippen molar-refractivity contribution in [2.45, 2.75) is 0 Å². The van der Waals surface area contributed by atoms with Gasteiger partial charge >= 0.3 is 0 Å². The number of benzene rings is 13. The number of hydrogen-bond donors (Lipinski definition) is 0. The van der Waals surface area contributed by atoms with Crippen LogP contribution >= 0.6 is 0 Å². The maximum absolute atomic E-state index is 7.03. The molecule has 0 bridgehead atoms. The van der Waals surface area contributed by atoms with Gasteiger partial charge in [0.05, 0.1) is 5.39 Å². The van der Waals surface area contributed by atoms with Crippen molar-refractivity contribution in [2.75, 3.05) is 9.80 Å². The summed E-state index contributed by atoms with van der Waals surface area (Å²) in [7, 11) is 0. The Balaban J connectivity index is 0.837. The standard InChI is InChI=1S/C66H40N2O2/c1-3-13-47(14-4-1)67(49-25-31-55-43(37-49)21-19-41-11-7-9-17-53(41)55)51-27-33-57-45(39-51)23-29-59-60-35-36-62-63(66(60)70-64(57)59)61-30-24-46-40-52(28-34-58(46)65(61)69-62)68(48-15-5-2-6-16-48)50-26-32-56-44(38-50)22-20-42-12-8-10-18-54(42)56/h1-40H. The van der Waals surface area contributed by atoms with Crippen molar-refractivity contribution >= 4 is 143 Å². The highest BCUT2D eigenvalue weighted by Crippen LogP contribution is 2.46. The molecule has 4 nitrogen and oxygen atoms in total. The number of rotatable bonds is 6. The normalized spacial score (nSPS) is 12.0. The van der Waals surface area contributed by atoms with E-state index in [1.165, 1.54) is 43.1 Å². The van der Waals surface area contributed by atoms with Crippen molar-refractivity contribution in [1.29, 1.82) is 0 Å². The third kappa shape index (κ3) is 5.90. The molecule has 0 unspecified atom stereocenters. The number of para-hydroxylation sites is 2. The van der Waals surface area contributed by atoms with Crippen molar-refractivity contribution < 1.29 is 8.83 Å². The SMILES string of the molecule is c1ccc(N(c2ccc3c(ccc4ccccc43)c2)c2ccc3c(ccc4c5ccc6oc7c8ccc(N(c9ccccc9)c9ccc%10c(ccc%11ccccc%11%10)c9)cc8ccc7c6c5oc34)c2)cc1. The lowest BCUT2D eigenvalue weighted by Crippen LogP contribution is -2.09. The molecule has 0 atom stereocenters. The summed E-state index contributed by atoms with van der Waals surface area (Å²) in [6.45, 7) is 0. The van der Waals surface area contributed by atoms with Crippen LogP contribution in [0.1, 0.15) is 0 Å². The van der Waals surface area contributed by atoms with E-state index < -0.39 is 0 Å². The minimum atomic E-state index is 0.807. The molecule has 0 aliphatic carbocycles. The van der Waals surface area contributed by atoms with Gasteiger partial charge in [-0.2, -0.15) is 0 Å². The third-order valence-corrected chi connectivity index (χ3v) is 14.5. The lowest BCUT2D eigenvalue weighted by molar-refractivity contribution is 0.666. The van der Waals surface area contributed by atoms with Gasteiger partial charge in [-0.25, -0.2) is 0 Å². The van der Waals surface area contributed by atoms with Crippen molar-refractivity contribution in [3.05, 3.63) is 243 Å². The molecule has 0 N–H and O–H groups in total. The Kier molecular flexibility index (Phi) is 8.33. The first kappa shape index (κ1) is 38.7. The number of anilines is 6. The van der Waals surface area contributed by atoms with Crippen LogP contribution in [0.25, 0.3) is 109 Å². The molecule has 0 saturated heterocycles. The van der Waals surface area contributed by atoms with Gasteiger partial charge in [-0.05, 0) is 163 Å². The van der Waals surface area contributed by atoms with Gasteiger partial charge in [-0.3, -0.25) is 0 Å². The monoisotopic (exact) mass is 892 g/mol. The van der Waals surface area contributed by atoms with Crippen LogP contribution in [0.2, 0.25) is 0 Å². The molecule has 13 aromatic carbocycles. The molecule has 0 saturated carbocycles. The van der Waals surface area contributed by atoms with Gasteiger partial charge in [0, 0.05) is 61.1 Å². The second-order valence-corrected chi connectivity index (χ2v) is 18.4. The van der Waals surface area contributed by atoms with Crippen LogP contribution in [0.3, 0.4) is 0 Å². The summed E-state index contributed by atoms with van der Waals surface area (Å²) in [4.78, 5) is 4.68. The van der Waals surface area contributed by atoms with Gasteiger partial charge in [0.15, 0.2) is 0 Å². The quantitative estimate of drug-likeness (QED) is 0.156.